The van der Waals surface area contributed by atoms with Crippen LogP contribution in [0.1, 0.15) is 10.4 Å². The number of carbonyl (C=O) groups excluding carboxylic acids is 1. The summed E-state index contributed by atoms with van der Waals surface area (Å²) in [7, 11) is -3.84. The summed E-state index contributed by atoms with van der Waals surface area (Å²) in [5.41, 5.74) is 0.148. The summed E-state index contributed by atoms with van der Waals surface area (Å²) in [6, 6.07) is 8.41. The lowest BCUT2D eigenvalue weighted by atomic mass is 10.1. The van der Waals surface area contributed by atoms with Crippen molar-refractivity contribution in [3.63, 3.8) is 0 Å². The molecule has 0 heterocycles. The van der Waals surface area contributed by atoms with Crippen molar-refractivity contribution >= 4 is 38.8 Å². The first-order valence-corrected chi connectivity index (χ1v) is 8.17. The Morgan fingerprint density at radius 3 is 2.19 bits per heavy atom. The molecule has 0 N–H and O–H groups in total. The van der Waals surface area contributed by atoms with Gasteiger partial charge in [-0.2, -0.15) is 0 Å². The zero-order chi connectivity index (χ0) is 15.6. The molecule has 0 bridgehead atoms. The standard InChI is InChI=1S/C14H9Cl2FO3S/c15-12-6-1-9(7-13(12)16)14(18)8-21(19,20)11-4-2-10(17)3-5-11/h1-7H,8H2. The zero-order valence-corrected chi connectivity index (χ0v) is 12.8. The number of hydrogen-bond acceptors (Lipinski definition) is 3. The highest BCUT2D eigenvalue weighted by Gasteiger charge is 2.21. The van der Waals surface area contributed by atoms with Crippen molar-refractivity contribution < 1.29 is 17.6 Å². The first-order valence-electron chi connectivity index (χ1n) is 5.76. The van der Waals surface area contributed by atoms with Crippen molar-refractivity contribution in [2.45, 2.75) is 4.90 Å². The molecule has 0 atom stereocenters. The molecule has 2 rings (SSSR count). The number of ketones is 1. The topological polar surface area (TPSA) is 51.2 Å². The molecule has 2 aromatic carbocycles. The molecule has 0 fully saturated rings. The van der Waals surface area contributed by atoms with Crippen LogP contribution in [0.15, 0.2) is 47.4 Å². The lowest BCUT2D eigenvalue weighted by Crippen LogP contribution is -2.16. The van der Waals surface area contributed by atoms with E-state index in [4.69, 9.17) is 23.2 Å². The third-order valence-electron chi connectivity index (χ3n) is 2.74. The van der Waals surface area contributed by atoms with Gasteiger partial charge in [-0.25, -0.2) is 12.8 Å². The minimum absolute atomic E-state index is 0.114. The second-order valence-corrected chi connectivity index (χ2v) is 7.07. The number of sulfone groups is 1. The van der Waals surface area contributed by atoms with Gasteiger partial charge in [0, 0.05) is 5.56 Å². The van der Waals surface area contributed by atoms with E-state index < -0.39 is 27.2 Å². The Morgan fingerprint density at radius 1 is 1.00 bits per heavy atom. The van der Waals surface area contributed by atoms with Gasteiger partial charge >= 0.3 is 0 Å². The number of Topliss-reactive ketones (excluding diaryl/α,β-unsaturated/α-hetero) is 1. The van der Waals surface area contributed by atoms with Gasteiger partial charge in [-0.1, -0.05) is 23.2 Å². The maximum atomic E-state index is 12.8. The molecule has 3 nitrogen and oxygen atoms in total. The molecule has 0 radical (unpaired) electrons. The van der Waals surface area contributed by atoms with E-state index >= 15 is 0 Å². The van der Waals surface area contributed by atoms with Crippen LogP contribution < -0.4 is 0 Å². The fraction of sp³-hybridized carbons (Fsp3) is 0.0714. The van der Waals surface area contributed by atoms with Gasteiger partial charge in [0.25, 0.3) is 0 Å². The number of rotatable bonds is 4. The fourth-order valence-corrected chi connectivity index (χ4v) is 3.18. The maximum Gasteiger partial charge on any atom is 0.185 e. The van der Waals surface area contributed by atoms with E-state index in [1.165, 1.54) is 18.2 Å². The summed E-state index contributed by atoms with van der Waals surface area (Å²) in [6.45, 7) is 0. The summed E-state index contributed by atoms with van der Waals surface area (Å²) in [4.78, 5) is 11.9. The van der Waals surface area contributed by atoms with E-state index in [9.17, 15) is 17.6 Å². The second-order valence-electron chi connectivity index (χ2n) is 4.27. The molecule has 0 aliphatic heterocycles. The largest absolute Gasteiger partial charge is 0.293 e. The Morgan fingerprint density at radius 2 is 1.62 bits per heavy atom. The van der Waals surface area contributed by atoms with E-state index in [2.05, 4.69) is 0 Å². The number of carbonyl (C=O) groups is 1. The highest BCUT2D eigenvalue weighted by molar-refractivity contribution is 7.92. The zero-order valence-electron chi connectivity index (χ0n) is 10.5. The van der Waals surface area contributed by atoms with Gasteiger partial charge in [0.15, 0.2) is 15.6 Å². The highest BCUT2D eigenvalue weighted by Crippen LogP contribution is 2.23. The van der Waals surface area contributed by atoms with Crippen molar-refractivity contribution in [1.82, 2.24) is 0 Å². The van der Waals surface area contributed by atoms with Crippen molar-refractivity contribution in [3.8, 4) is 0 Å². The Bertz CT molecular complexity index is 786. The van der Waals surface area contributed by atoms with E-state index in [-0.39, 0.29) is 20.5 Å². The Balaban J connectivity index is 2.25. The molecule has 110 valence electrons. The molecule has 0 saturated heterocycles. The van der Waals surface area contributed by atoms with Crippen molar-refractivity contribution in [2.75, 3.05) is 5.75 Å². The monoisotopic (exact) mass is 346 g/mol. The fourth-order valence-electron chi connectivity index (χ4n) is 1.65. The molecular weight excluding hydrogens is 338 g/mol. The van der Waals surface area contributed by atoms with Crippen LogP contribution in [-0.2, 0) is 9.84 Å². The van der Waals surface area contributed by atoms with Gasteiger partial charge in [-0.3, -0.25) is 4.79 Å². The van der Waals surface area contributed by atoms with Crippen molar-refractivity contribution in [2.24, 2.45) is 0 Å². The SMILES string of the molecule is O=C(CS(=O)(=O)c1ccc(F)cc1)c1ccc(Cl)c(Cl)c1. The quantitative estimate of drug-likeness (QED) is 0.625. The van der Waals surface area contributed by atoms with E-state index in [0.29, 0.717) is 0 Å². The second kappa shape index (κ2) is 6.13. The molecule has 0 aliphatic carbocycles. The molecule has 0 unspecified atom stereocenters. The van der Waals surface area contributed by atoms with Crippen LogP contribution in [-0.4, -0.2) is 20.0 Å². The lowest BCUT2D eigenvalue weighted by molar-refractivity contribution is 0.102. The highest BCUT2D eigenvalue weighted by atomic mass is 35.5. The van der Waals surface area contributed by atoms with Gasteiger partial charge in [-0.05, 0) is 42.5 Å². The van der Waals surface area contributed by atoms with E-state index in [1.54, 1.807) is 0 Å². The average Bonchev–Trinajstić information content (AvgIpc) is 2.41. The summed E-state index contributed by atoms with van der Waals surface area (Å²) >= 11 is 11.5. The van der Waals surface area contributed by atoms with Gasteiger partial charge in [0.1, 0.15) is 11.6 Å². The Kier molecular flexibility index (Phi) is 4.66. The van der Waals surface area contributed by atoms with Crippen LogP contribution in [0.5, 0.6) is 0 Å². The predicted octanol–water partition coefficient (Wildman–Crippen LogP) is 3.79. The van der Waals surface area contributed by atoms with Crippen molar-refractivity contribution in [3.05, 3.63) is 63.9 Å². The number of halogens is 3. The number of benzene rings is 2. The third-order valence-corrected chi connectivity index (χ3v) is 5.11. The third kappa shape index (κ3) is 3.81. The predicted molar refractivity (Wildman–Crippen MR) is 79.2 cm³/mol. The van der Waals surface area contributed by atoms with Crippen LogP contribution in [0, 0.1) is 5.82 Å². The summed E-state index contributed by atoms with van der Waals surface area (Å²) in [6.07, 6.45) is 0. The minimum atomic E-state index is -3.84. The normalized spacial score (nSPS) is 11.4. The van der Waals surface area contributed by atoms with Crippen LogP contribution in [0.2, 0.25) is 10.0 Å². The Hall–Kier alpha value is -1.43. The van der Waals surface area contributed by atoms with Gasteiger partial charge in [-0.15, -0.1) is 0 Å². The summed E-state index contributed by atoms with van der Waals surface area (Å²) in [5.74, 6) is -1.89. The molecule has 2 aromatic rings. The Labute approximate surface area is 131 Å². The van der Waals surface area contributed by atoms with Crippen molar-refractivity contribution in [1.29, 1.82) is 0 Å². The van der Waals surface area contributed by atoms with Gasteiger partial charge in [0.2, 0.25) is 0 Å². The van der Waals surface area contributed by atoms with Crippen LogP contribution in [0.3, 0.4) is 0 Å². The van der Waals surface area contributed by atoms with Crippen LogP contribution >= 0.6 is 23.2 Å². The van der Waals surface area contributed by atoms with Crippen LogP contribution in [0.25, 0.3) is 0 Å². The first-order chi connectivity index (χ1) is 9.79. The molecule has 0 aromatic heterocycles. The van der Waals surface area contributed by atoms with Gasteiger partial charge < -0.3 is 0 Å². The molecule has 0 saturated carbocycles. The molecular formula is C14H9Cl2FO3S. The maximum absolute atomic E-state index is 12.8. The first kappa shape index (κ1) is 15.9. The van der Waals surface area contributed by atoms with Gasteiger partial charge in [0.05, 0.1) is 14.9 Å². The number of hydrogen-bond donors (Lipinski definition) is 0. The molecule has 0 amide bonds. The summed E-state index contributed by atoms with van der Waals surface area (Å²) in [5, 5.41) is 0.441. The van der Waals surface area contributed by atoms with E-state index in [1.807, 2.05) is 0 Å². The summed E-state index contributed by atoms with van der Waals surface area (Å²) < 4.78 is 36.9. The lowest BCUT2D eigenvalue weighted by Gasteiger charge is -2.05. The van der Waals surface area contributed by atoms with Crippen LogP contribution in [0.4, 0.5) is 4.39 Å². The molecule has 21 heavy (non-hydrogen) atoms. The average molecular weight is 347 g/mol. The molecule has 0 aliphatic rings. The van der Waals surface area contributed by atoms with E-state index in [0.717, 1.165) is 24.3 Å². The molecule has 0 spiro atoms. The molecule has 7 heteroatoms. The minimum Gasteiger partial charge on any atom is -0.293 e. The smallest absolute Gasteiger partial charge is 0.185 e.